The maximum absolute atomic E-state index is 7.64. The lowest BCUT2D eigenvalue weighted by Gasteiger charge is -2.23. The van der Waals surface area contributed by atoms with Crippen LogP contribution in [-0.2, 0) is 9.47 Å². The van der Waals surface area contributed by atoms with E-state index in [1.165, 1.54) is 0 Å². The molecule has 0 spiro atoms. The number of nitrogens with zero attached hydrogens (tertiary/aromatic N) is 1. The Kier molecular flexibility index (Phi) is 4.18. The lowest BCUT2D eigenvalue weighted by atomic mass is 10.3. The van der Waals surface area contributed by atoms with E-state index in [0.717, 1.165) is 31.8 Å². The van der Waals surface area contributed by atoms with Gasteiger partial charge in [-0.2, -0.15) is 0 Å². The first-order valence-corrected chi connectivity index (χ1v) is 4.62. The van der Waals surface area contributed by atoms with Gasteiger partial charge >= 0.3 is 0 Å². The van der Waals surface area contributed by atoms with E-state index in [9.17, 15) is 0 Å². The average Bonchev–Trinajstić information content (AvgIpc) is 2.51. The Morgan fingerprint density at radius 2 is 2.31 bits per heavy atom. The minimum atomic E-state index is 0.0865. The largest absolute Gasteiger partial charge is 0.382 e. The van der Waals surface area contributed by atoms with Crippen LogP contribution >= 0.6 is 0 Å². The van der Waals surface area contributed by atoms with Crippen molar-refractivity contribution in [2.75, 3.05) is 33.9 Å². The van der Waals surface area contributed by atoms with Gasteiger partial charge in [-0.3, -0.25) is 5.41 Å². The van der Waals surface area contributed by atoms with Crippen LogP contribution in [0.4, 0.5) is 0 Å². The summed E-state index contributed by atoms with van der Waals surface area (Å²) in [5.74, 6) is 0.734. The molecule has 1 aliphatic heterocycles. The third-order valence-electron chi connectivity index (χ3n) is 2.33. The van der Waals surface area contributed by atoms with Gasteiger partial charge < -0.3 is 14.4 Å². The SMILES string of the molecule is COCC(CN1CCCC1=N)OC. The van der Waals surface area contributed by atoms with Crippen molar-refractivity contribution in [3.05, 3.63) is 0 Å². The van der Waals surface area contributed by atoms with Gasteiger partial charge in [-0.05, 0) is 6.42 Å². The third kappa shape index (κ3) is 2.97. The topological polar surface area (TPSA) is 45.5 Å². The molecule has 4 heteroatoms. The highest BCUT2D eigenvalue weighted by Crippen LogP contribution is 2.11. The summed E-state index contributed by atoms with van der Waals surface area (Å²) in [4.78, 5) is 2.06. The van der Waals surface area contributed by atoms with Crippen LogP contribution in [0.1, 0.15) is 12.8 Å². The van der Waals surface area contributed by atoms with Crippen LogP contribution in [0.3, 0.4) is 0 Å². The van der Waals surface area contributed by atoms with E-state index in [2.05, 4.69) is 4.90 Å². The fourth-order valence-electron chi connectivity index (χ4n) is 1.56. The molecule has 0 aromatic carbocycles. The highest BCUT2D eigenvalue weighted by molar-refractivity contribution is 5.80. The Bertz CT molecular complexity index is 173. The monoisotopic (exact) mass is 186 g/mol. The maximum atomic E-state index is 7.64. The van der Waals surface area contributed by atoms with Crippen LogP contribution < -0.4 is 0 Å². The van der Waals surface area contributed by atoms with E-state index in [1.807, 2.05) is 0 Å². The maximum Gasteiger partial charge on any atom is 0.0979 e. The van der Waals surface area contributed by atoms with Gasteiger partial charge in [0, 0.05) is 33.7 Å². The van der Waals surface area contributed by atoms with Crippen molar-refractivity contribution in [2.24, 2.45) is 0 Å². The number of methoxy groups -OCH3 is 2. The number of ether oxygens (including phenoxy) is 2. The van der Waals surface area contributed by atoms with Crippen LogP contribution in [0.5, 0.6) is 0 Å². The van der Waals surface area contributed by atoms with E-state index in [0.29, 0.717) is 6.61 Å². The predicted octanol–water partition coefficient (Wildman–Crippen LogP) is 0.721. The normalized spacial score (nSPS) is 19.5. The molecule has 1 rings (SSSR count). The minimum absolute atomic E-state index is 0.0865. The lowest BCUT2D eigenvalue weighted by Crippen LogP contribution is -2.36. The first-order chi connectivity index (χ1) is 6.27. The molecule has 0 aliphatic carbocycles. The first-order valence-electron chi connectivity index (χ1n) is 4.62. The molecule has 1 aliphatic rings. The second kappa shape index (κ2) is 5.19. The zero-order valence-corrected chi connectivity index (χ0v) is 8.38. The van der Waals surface area contributed by atoms with Crippen LogP contribution in [0, 0.1) is 5.41 Å². The van der Waals surface area contributed by atoms with Gasteiger partial charge in [0.05, 0.1) is 18.5 Å². The molecule has 76 valence electrons. The summed E-state index contributed by atoms with van der Waals surface area (Å²) >= 11 is 0. The lowest BCUT2D eigenvalue weighted by molar-refractivity contribution is 0.0176. The Balaban J connectivity index is 2.31. The van der Waals surface area contributed by atoms with Crippen LogP contribution in [0.15, 0.2) is 0 Å². The summed E-state index contributed by atoms with van der Waals surface area (Å²) in [7, 11) is 3.35. The summed E-state index contributed by atoms with van der Waals surface area (Å²) in [6, 6.07) is 0. The molecule has 0 bridgehead atoms. The highest BCUT2D eigenvalue weighted by Gasteiger charge is 2.20. The van der Waals surface area contributed by atoms with Gasteiger partial charge in [0.1, 0.15) is 0 Å². The van der Waals surface area contributed by atoms with Crippen molar-refractivity contribution in [1.82, 2.24) is 4.90 Å². The molecule has 1 saturated heterocycles. The van der Waals surface area contributed by atoms with Gasteiger partial charge in [0.15, 0.2) is 0 Å². The summed E-state index contributed by atoms with van der Waals surface area (Å²) < 4.78 is 10.3. The predicted molar refractivity (Wildman–Crippen MR) is 51.2 cm³/mol. The fraction of sp³-hybridized carbons (Fsp3) is 0.889. The summed E-state index contributed by atoms with van der Waals surface area (Å²) in [6.07, 6.45) is 2.09. The van der Waals surface area contributed by atoms with Gasteiger partial charge in [-0.1, -0.05) is 0 Å². The molecule has 13 heavy (non-hydrogen) atoms. The molecule has 1 unspecified atom stereocenters. The zero-order chi connectivity index (χ0) is 9.68. The van der Waals surface area contributed by atoms with Crippen molar-refractivity contribution in [3.63, 3.8) is 0 Å². The second-order valence-corrected chi connectivity index (χ2v) is 3.31. The molecule has 1 N–H and O–H groups in total. The van der Waals surface area contributed by atoms with Crippen LogP contribution in [0.25, 0.3) is 0 Å². The van der Waals surface area contributed by atoms with Crippen molar-refractivity contribution in [2.45, 2.75) is 18.9 Å². The van der Waals surface area contributed by atoms with Gasteiger partial charge in [0.25, 0.3) is 0 Å². The van der Waals surface area contributed by atoms with Crippen molar-refractivity contribution in [3.8, 4) is 0 Å². The molecular formula is C9H18N2O2. The first kappa shape index (κ1) is 10.5. The van der Waals surface area contributed by atoms with Crippen molar-refractivity contribution in [1.29, 1.82) is 5.41 Å². The van der Waals surface area contributed by atoms with E-state index in [1.54, 1.807) is 14.2 Å². The van der Waals surface area contributed by atoms with Gasteiger partial charge in [-0.25, -0.2) is 0 Å². The smallest absolute Gasteiger partial charge is 0.0979 e. The summed E-state index contributed by atoms with van der Waals surface area (Å²) in [5, 5.41) is 7.64. The number of likely N-dealkylation sites (tertiary alicyclic amines) is 1. The molecule has 1 atom stereocenters. The number of hydrogen-bond donors (Lipinski definition) is 1. The molecule has 0 saturated carbocycles. The standard InChI is InChI=1S/C9H18N2O2/c1-12-7-8(13-2)6-11-5-3-4-9(11)10/h8,10H,3-7H2,1-2H3. The molecule has 0 aromatic rings. The number of nitrogens with one attached hydrogen (secondary N) is 1. The quantitative estimate of drug-likeness (QED) is 0.688. The average molecular weight is 186 g/mol. The number of amidine groups is 1. The zero-order valence-electron chi connectivity index (χ0n) is 8.38. The van der Waals surface area contributed by atoms with E-state index in [-0.39, 0.29) is 6.10 Å². The Hall–Kier alpha value is -0.610. The molecule has 0 amide bonds. The van der Waals surface area contributed by atoms with E-state index < -0.39 is 0 Å². The second-order valence-electron chi connectivity index (χ2n) is 3.31. The van der Waals surface area contributed by atoms with E-state index >= 15 is 0 Å². The third-order valence-corrected chi connectivity index (χ3v) is 2.33. The van der Waals surface area contributed by atoms with Crippen molar-refractivity contribution < 1.29 is 9.47 Å². The van der Waals surface area contributed by atoms with Crippen LogP contribution in [0.2, 0.25) is 0 Å². The summed E-state index contributed by atoms with van der Waals surface area (Å²) in [6.45, 7) is 2.37. The van der Waals surface area contributed by atoms with Crippen LogP contribution in [-0.4, -0.2) is 50.8 Å². The molecular weight excluding hydrogens is 168 g/mol. The Morgan fingerprint density at radius 3 is 2.77 bits per heavy atom. The minimum Gasteiger partial charge on any atom is -0.382 e. The molecule has 0 radical (unpaired) electrons. The molecule has 4 nitrogen and oxygen atoms in total. The molecule has 1 heterocycles. The Morgan fingerprint density at radius 1 is 1.54 bits per heavy atom. The number of rotatable bonds is 5. The number of hydrogen-bond acceptors (Lipinski definition) is 3. The van der Waals surface area contributed by atoms with Gasteiger partial charge in [-0.15, -0.1) is 0 Å². The van der Waals surface area contributed by atoms with Crippen molar-refractivity contribution >= 4 is 5.84 Å². The Labute approximate surface area is 79.3 Å². The molecule has 0 aromatic heterocycles. The fourth-order valence-corrected chi connectivity index (χ4v) is 1.56. The highest BCUT2D eigenvalue weighted by atomic mass is 16.5. The van der Waals surface area contributed by atoms with Gasteiger partial charge in [0.2, 0.25) is 0 Å². The molecule has 1 fully saturated rings. The summed E-state index contributed by atoms with van der Waals surface area (Å²) in [5.41, 5.74) is 0. The van der Waals surface area contributed by atoms with E-state index in [4.69, 9.17) is 14.9 Å².